The standard InChI is InChI=1S/C13H17NO2/c1-4-9-14-10-7-5-6-8-11(10)16-13(2,3)12(14)15/h5-8H,4,9H2,1-3H3. The van der Waals surface area contributed by atoms with Crippen molar-refractivity contribution in [1.82, 2.24) is 0 Å². The van der Waals surface area contributed by atoms with E-state index in [-0.39, 0.29) is 5.91 Å². The predicted octanol–water partition coefficient (Wildman–Crippen LogP) is 2.60. The van der Waals surface area contributed by atoms with Crippen molar-refractivity contribution < 1.29 is 9.53 Å². The van der Waals surface area contributed by atoms with Crippen molar-refractivity contribution in [2.45, 2.75) is 32.8 Å². The van der Waals surface area contributed by atoms with Crippen LogP contribution in [0.4, 0.5) is 5.69 Å². The van der Waals surface area contributed by atoms with Gasteiger partial charge in [-0.3, -0.25) is 4.79 Å². The summed E-state index contributed by atoms with van der Waals surface area (Å²) >= 11 is 0. The summed E-state index contributed by atoms with van der Waals surface area (Å²) in [6.45, 7) is 6.43. The summed E-state index contributed by atoms with van der Waals surface area (Å²) in [7, 11) is 0. The number of nitrogens with zero attached hydrogens (tertiary/aromatic N) is 1. The van der Waals surface area contributed by atoms with E-state index in [1.54, 1.807) is 0 Å². The molecule has 2 rings (SSSR count). The van der Waals surface area contributed by atoms with Gasteiger partial charge in [-0.05, 0) is 32.4 Å². The molecule has 0 aliphatic carbocycles. The molecule has 0 radical (unpaired) electrons. The number of amides is 1. The Balaban J connectivity index is 2.47. The molecule has 0 spiro atoms. The second-order valence-electron chi connectivity index (χ2n) is 4.54. The maximum absolute atomic E-state index is 12.2. The zero-order valence-electron chi connectivity index (χ0n) is 9.99. The molecule has 0 N–H and O–H groups in total. The van der Waals surface area contributed by atoms with Crippen LogP contribution in [-0.2, 0) is 4.79 Å². The van der Waals surface area contributed by atoms with Crippen LogP contribution in [0.1, 0.15) is 27.2 Å². The first-order valence-corrected chi connectivity index (χ1v) is 5.66. The minimum atomic E-state index is -0.760. The van der Waals surface area contributed by atoms with E-state index < -0.39 is 5.60 Å². The van der Waals surface area contributed by atoms with Gasteiger partial charge in [-0.2, -0.15) is 0 Å². The molecule has 1 heterocycles. The van der Waals surface area contributed by atoms with Gasteiger partial charge in [-0.1, -0.05) is 19.1 Å². The van der Waals surface area contributed by atoms with Crippen LogP contribution in [0, 0.1) is 0 Å². The largest absolute Gasteiger partial charge is 0.476 e. The third-order valence-electron chi connectivity index (χ3n) is 2.73. The van der Waals surface area contributed by atoms with Crippen molar-refractivity contribution in [1.29, 1.82) is 0 Å². The van der Waals surface area contributed by atoms with E-state index in [9.17, 15) is 4.79 Å². The molecule has 1 aliphatic heterocycles. The molecule has 0 atom stereocenters. The Hall–Kier alpha value is -1.51. The molecule has 3 heteroatoms. The molecule has 86 valence electrons. The van der Waals surface area contributed by atoms with Gasteiger partial charge in [0.25, 0.3) is 5.91 Å². The number of rotatable bonds is 2. The number of para-hydroxylation sites is 2. The maximum atomic E-state index is 12.2. The quantitative estimate of drug-likeness (QED) is 0.765. The summed E-state index contributed by atoms with van der Waals surface area (Å²) in [5.74, 6) is 0.827. The average Bonchev–Trinajstić information content (AvgIpc) is 2.24. The van der Waals surface area contributed by atoms with Gasteiger partial charge in [0, 0.05) is 6.54 Å². The van der Waals surface area contributed by atoms with Gasteiger partial charge in [-0.25, -0.2) is 0 Å². The Kier molecular flexibility index (Phi) is 2.62. The minimum Gasteiger partial charge on any atom is -0.476 e. The van der Waals surface area contributed by atoms with Gasteiger partial charge in [0.2, 0.25) is 0 Å². The molecule has 1 aromatic rings. The Morgan fingerprint density at radius 2 is 2.00 bits per heavy atom. The molecule has 1 amide bonds. The molecule has 16 heavy (non-hydrogen) atoms. The lowest BCUT2D eigenvalue weighted by atomic mass is 10.0. The van der Waals surface area contributed by atoms with Gasteiger partial charge in [-0.15, -0.1) is 0 Å². The van der Waals surface area contributed by atoms with E-state index in [1.165, 1.54) is 0 Å². The fraction of sp³-hybridized carbons (Fsp3) is 0.462. The number of carbonyl (C=O) groups is 1. The zero-order chi connectivity index (χ0) is 11.8. The van der Waals surface area contributed by atoms with Crippen LogP contribution in [0.5, 0.6) is 5.75 Å². The normalized spacial score (nSPS) is 17.9. The number of benzene rings is 1. The maximum Gasteiger partial charge on any atom is 0.270 e. The predicted molar refractivity (Wildman–Crippen MR) is 63.8 cm³/mol. The molecular weight excluding hydrogens is 202 g/mol. The lowest BCUT2D eigenvalue weighted by molar-refractivity contribution is -0.132. The number of ether oxygens (including phenoxy) is 1. The van der Waals surface area contributed by atoms with Crippen LogP contribution in [-0.4, -0.2) is 18.1 Å². The van der Waals surface area contributed by atoms with E-state index >= 15 is 0 Å². The van der Waals surface area contributed by atoms with Crippen LogP contribution >= 0.6 is 0 Å². The van der Waals surface area contributed by atoms with Gasteiger partial charge in [0.05, 0.1) is 5.69 Å². The van der Waals surface area contributed by atoms with Crippen molar-refractivity contribution in [3.63, 3.8) is 0 Å². The van der Waals surface area contributed by atoms with Crippen LogP contribution < -0.4 is 9.64 Å². The van der Waals surface area contributed by atoms with Crippen LogP contribution in [0.15, 0.2) is 24.3 Å². The zero-order valence-corrected chi connectivity index (χ0v) is 9.99. The SMILES string of the molecule is CCCN1C(=O)C(C)(C)Oc2ccccc21. The number of hydrogen-bond donors (Lipinski definition) is 0. The van der Waals surface area contributed by atoms with Gasteiger partial charge < -0.3 is 9.64 Å². The fourth-order valence-corrected chi connectivity index (χ4v) is 1.97. The van der Waals surface area contributed by atoms with Crippen molar-refractivity contribution in [2.24, 2.45) is 0 Å². The third-order valence-corrected chi connectivity index (χ3v) is 2.73. The Morgan fingerprint density at radius 3 is 2.69 bits per heavy atom. The summed E-state index contributed by atoms with van der Waals surface area (Å²) in [6, 6.07) is 7.69. The number of anilines is 1. The molecular formula is C13H17NO2. The van der Waals surface area contributed by atoms with E-state index in [1.807, 2.05) is 43.0 Å². The second-order valence-corrected chi connectivity index (χ2v) is 4.54. The molecule has 1 aromatic carbocycles. The highest BCUT2D eigenvalue weighted by atomic mass is 16.5. The lowest BCUT2D eigenvalue weighted by Gasteiger charge is -2.38. The van der Waals surface area contributed by atoms with E-state index in [2.05, 4.69) is 6.92 Å². The van der Waals surface area contributed by atoms with Gasteiger partial charge in [0.15, 0.2) is 5.60 Å². The van der Waals surface area contributed by atoms with E-state index in [0.717, 1.165) is 24.4 Å². The van der Waals surface area contributed by atoms with E-state index in [4.69, 9.17) is 4.74 Å². The molecule has 0 saturated carbocycles. The molecule has 0 aromatic heterocycles. The average molecular weight is 219 g/mol. The van der Waals surface area contributed by atoms with Crippen LogP contribution in [0.2, 0.25) is 0 Å². The highest BCUT2D eigenvalue weighted by molar-refractivity contribution is 6.02. The third kappa shape index (κ3) is 1.66. The lowest BCUT2D eigenvalue weighted by Crippen LogP contribution is -2.52. The monoisotopic (exact) mass is 219 g/mol. The Labute approximate surface area is 96.0 Å². The van der Waals surface area contributed by atoms with Crippen LogP contribution in [0.3, 0.4) is 0 Å². The summed E-state index contributed by atoms with van der Waals surface area (Å²) in [4.78, 5) is 14.0. The van der Waals surface area contributed by atoms with E-state index in [0.29, 0.717) is 0 Å². The Morgan fingerprint density at radius 1 is 1.31 bits per heavy atom. The highest BCUT2D eigenvalue weighted by Crippen LogP contribution is 2.37. The van der Waals surface area contributed by atoms with Crippen molar-refractivity contribution >= 4 is 11.6 Å². The summed E-state index contributed by atoms with van der Waals surface area (Å²) in [6.07, 6.45) is 0.941. The highest BCUT2D eigenvalue weighted by Gasteiger charge is 2.40. The van der Waals surface area contributed by atoms with Crippen molar-refractivity contribution in [3.05, 3.63) is 24.3 Å². The Bertz CT molecular complexity index is 412. The number of fused-ring (bicyclic) bond motifs is 1. The first-order valence-electron chi connectivity index (χ1n) is 5.66. The first-order chi connectivity index (χ1) is 7.56. The first kappa shape index (κ1) is 11.0. The van der Waals surface area contributed by atoms with Crippen molar-refractivity contribution in [3.8, 4) is 5.75 Å². The summed E-state index contributed by atoms with van der Waals surface area (Å²) in [5, 5.41) is 0. The smallest absolute Gasteiger partial charge is 0.270 e. The molecule has 0 fully saturated rings. The molecule has 3 nitrogen and oxygen atoms in total. The second kappa shape index (κ2) is 3.81. The molecule has 0 saturated heterocycles. The molecule has 0 bridgehead atoms. The molecule has 1 aliphatic rings. The van der Waals surface area contributed by atoms with Gasteiger partial charge >= 0.3 is 0 Å². The minimum absolute atomic E-state index is 0.0352. The molecule has 0 unspecified atom stereocenters. The van der Waals surface area contributed by atoms with Gasteiger partial charge in [0.1, 0.15) is 5.75 Å². The summed E-state index contributed by atoms with van der Waals surface area (Å²) < 4.78 is 5.72. The number of carbonyl (C=O) groups excluding carboxylic acids is 1. The van der Waals surface area contributed by atoms with Crippen LogP contribution in [0.25, 0.3) is 0 Å². The topological polar surface area (TPSA) is 29.5 Å². The fourth-order valence-electron chi connectivity index (χ4n) is 1.97. The number of hydrogen-bond acceptors (Lipinski definition) is 2. The summed E-state index contributed by atoms with van der Waals surface area (Å²) in [5.41, 5.74) is 0.123. The van der Waals surface area contributed by atoms with Crippen molar-refractivity contribution in [2.75, 3.05) is 11.4 Å².